The van der Waals surface area contributed by atoms with Crippen LogP contribution in [0.15, 0.2) is 48.5 Å². The zero-order valence-corrected chi connectivity index (χ0v) is 14.2. The molecule has 0 aromatic heterocycles. The number of rotatable bonds is 4. The van der Waals surface area contributed by atoms with Gasteiger partial charge in [0.2, 0.25) is 5.91 Å². The van der Waals surface area contributed by atoms with Crippen LogP contribution in [0.1, 0.15) is 28.4 Å². The maximum atomic E-state index is 12.9. The van der Waals surface area contributed by atoms with Gasteiger partial charge in [-0.25, -0.2) is 4.79 Å². The summed E-state index contributed by atoms with van der Waals surface area (Å²) in [5.41, 5.74) is 5.60. The highest BCUT2D eigenvalue weighted by molar-refractivity contribution is 6.30. The Hall–Kier alpha value is -2.86. The number of nitrogens with one attached hydrogen (secondary N) is 1. The molecule has 6 nitrogen and oxygen atoms in total. The van der Waals surface area contributed by atoms with Crippen molar-refractivity contribution in [2.24, 2.45) is 5.73 Å². The molecule has 0 saturated carbocycles. The third-order valence-electron chi connectivity index (χ3n) is 4.25. The Kier molecular flexibility index (Phi) is 4.22. The molecule has 25 heavy (non-hydrogen) atoms. The molecule has 1 fully saturated rings. The molecule has 1 aliphatic heterocycles. The summed E-state index contributed by atoms with van der Waals surface area (Å²) < 4.78 is 0. The van der Waals surface area contributed by atoms with Crippen LogP contribution in [0.25, 0.3) is 0 Å². The lowest BCUT2D eigenvalue weighted by Gasteiger charge is -2.22. The fraction of sp³-hybridized carbons (Fsp3) is 0.167. The molecular weight excluding hydrogens is 342 g/mol. The number of carbonyl (C=O) groups excluding carboxylic acids is 3. The van der Waals surface area contributed by atoms with Crippen LogP contribution in [0.2, 0.25) is 5.02 Å². The van der Waals surface area contributed by atoms with E-state index in [4.69, 9.17) is 17.3 Å². The van der Waals surface area contributed by atoms with Crippen molar-refractivity contribution in [1.29, 1.82) is 0 Å². The molecule has 7 heteroatoms. The first-order valence-electron chi connectivity index (χ1n) is 7.60. The normalized spacial score (nSPS) is 19.8. The molecule has 3 N–H and O–H groups in total. The van der Waals surface area contributed by atoms with Gasteiger partial charge in [-0.2, -0.15) is 0 Å². The van der Waals surface area contributed by atoms with E-state index < -0.39 is 23.4 Å². The summed E-state index contributed by atoms with van der Waals surface area (Å²) in [5.74, 6) is -0.991. The number of carbonyl (C=O) groups is 3. The van der Waals surface area contributed by atoms with Crippen molar-refractivity contribution in [3.05, 3.63) is 70.2 Å². The topological polar surface area (TPSA) is 92.5 Å². The van der Waals surface area contributed by atoms with Crippen molar-refractivity contribution < 1.29 is 14.4 Å². The maximum absolute atomic E-state index is 12.9. The van der Waals surface area contributed by atoms with E-state index in [1.54, 1.807) is 49.4 Å². The lowest BCUT2D eigenvalue weighted by Crippen LogP contribution is -2.41. The highest BCUT2D eigenvalue weighted by atomic mass is 35.5. The molecule has 2 aromatic carbocycles. The van der Waals surface area contributed by atoms with E-state index in [0.29, 0.717) is 10.6 Å². The summed E-state index contributed by atoms with van der Waals surface area (Å²) >= 11 is 5.85. The van der Waals surface area contributed by atoms with Crippen LogP contribution in [-0.4, -0.2) is 22.7 Å². The van der Waals surface area contributed by atoms with Gasteiger partial charge in [-0.1, -0.05) is 35.9 Å². The van der Waals surface area contributed by atoms with Crippen molar-refractivity contribution in [2.75, 3.05) is 0 Å². The average molecular weight is 358 g/mol. The molecule has 128 valence electrons. The maximum Gasteiger partial charge on any atom is 0.325 e. The Balaban J connectivity index is 1.90. The minimum atomic E-state index is -1.25. The summed E-state index contributed by atoms with van der Waals surface area (Å²) in [6, 6.07) is 12.8. The van der Waals surface area contributed by atoms with Crippen LogP contribution in [0.4, 0.5) is 4.79 Å². The van der Waals surface area contributed by atoms with Gasteiger partial charge in [0.25, 0.3) is 5.91 Å². The first-order chi connectivity index (χ1) is 11.8. The second kappa shape index (κ2) is 6.22. The van der Waals surface area contributed by atoms with Crippen LogP contribution in [0.5, 0.6) is 0 Å². The van der Waals surface area contributed by atoms with Crippen molar-refractivity contribution in [3.8, 4) is 0 Å². The number of urea groups is 1. The van der Waals surface area contributed by atoms with E-state index in [1.807, 2.05) is 0 Å². The van der Waals surface area contributed by atoms with E-state index in [2.05, 4.69) is 5.32 Å². The van der Waals surface area contributed by atoms with Gasteiger partial charge in [-0.15, -0.1) is 0 Å². The molecule has 2 aromatic rings. The van der Waals surface area contributed by atoms with Crippen molar-refractivity contribution >= 4 is 29.4 Å². The molecule has 0 bridgehead atoms. The standard InChI is InChI=1S/C18H16ClN3O3/c1-18(13-4-2-3-12(9-13)15(20)23)16(24)22(17(25)21-18)10-11-5-7-14(19)8-6-11/h2-9H,10H2,1H3,(H2,20,23)(H,21,25)/t18-/m1/s1. The predicted octanol–water partition coefficient (Wildman–Crippen LogP) is 2.41. The number of halogens is 1. The monoisotopic (exact) mass is 357 g/mol. The van der Waals surface area contributed by atoms with Gasteiger partial charge in [0.15, 0.2) is 0 Å². The van der Waals surface area contributed by atoms with Crippen LogP contribution in [0, 0.1) is 0 Å². The lowest BCUT2D eigenvalue weighted by molar-refractivity contribution is -0.131. The molecule has 0 radical (unpaired) electrons. The Labute approximate surface area is 149 Å². The van der Waals surface area contributed by atoms with Crippen molar-refractivity contribution in [2.45, 2.75) is 19.0 Å². The predicted molar refractivity (Wildman–Crippen MR) is 92.8 cm³/mol. The van der Waals surface area contributed by atoms with Gasteiger partial charge in [-0.3, -0.25) is 14.5 Å². The molecule has 1 heterocycles. The Bertz CT molecular complexity index is 866. The van der Waals surface area contributed by atoms with Gasteiger partial charge in [0, 0.05) is 10.6 Å². The number of nitrogens with two attached hydrogens (primary N) is 1. The van der Waals surface area contributed by atoms with Gasteiger partial charge in [-0.05, 0) is 42.3 Å². The van der Waals surface area contributed by atoms with E-state index in [-0.39, 0.29) is 12.1 Å². The Morgan fingerprint density at radius 2 is 1.88 bits per heavy atom. The zero-order chi connectivity index (χ0) is 18.2. The summed E-state index contributed by atoms with van der Waals surface area (Å²) in [6.45, 7) is 1.74. The minimum Gasteiger partial charge on any atom is -0.366 e. The highest BCUT2D eigenvalue weighted by Crippen LogP contribution is 2.30. The van der Waals surface area contributed by atoms with Gasteiger partial charge in [0.05, 0.1) is 6.54 Å². The van der Waals surface area contributed by atoms with Gasteiger partial charge >= 0.3 is 6.03 Å². The summed E-state index contributed by atoms with van der Waals surface area (Å²) in [6.07, 6.45) is 0. The van der Waals surface area contributed by atoms with E-state index in [0.717, 1.165) is 10.5 Å². The average Bonchev–Trinajstić information content (AvgIpc) is 2.81. The lowest BCUT2D eigenvalue weighted by atomic mass is 9.90. The second-order valence-electron chi connectivity index (χ2n) is 6.02. The number of imide groups is 1. The first kappa shape index (κ1) is 17.0. The fourth-order valence-electron chi connectivity index (χ4n) is 2.79. The fourth-order valence-corrected chi connectivity index (χ4v) is 2.92. The summed E-state index contributed by atoms with van der Waals surface area (Å²) in [4.78, 5) is 37.8. The molecule has 1 aliphatic rings. The third kappa shape index (κ3) is 3.08. The summed E-state index contributed by atoms with van der Waals surface area (Å²) in [7, 11) is 0. The SMILES string of the molecule is C[C@]1(c2cccc(C(N)=O)c2)NC(=O)N(Cc2ccc(Cl)cc2)C1=O. The number of benzene rings is 2. The van der Waals surface area contributed by atoms with Crippen LogP contribution in [-0.2, 0) is 16.9 Å². The molecule has 0 unspecified atom stereocenters. The molecule has 3 rings (SSSR count). The highest BCUT2D eigenvalue weighted by Gasteiger charge is 2.49. The number of primary amides is 1. The molecule has 4 amide bonds. The Morgan fingerprint density at radius 1 is 1.20 bits per heavy atom. The number of amides is 4. The van der Waals surface area contributed by atoms with E-state index in [1.165, 1.54) is 6.07 Å². The Morgan fingerprint density at radius 3 is 2.52 bits per heavy atom. The smallest absolute Gasteiger partial charge is 0.325 e. The van der Waals surface area contributed by atoms with E-state index >= 15 is 0 Å². The van der Waals surface area contributed by atoms with Gasteiger partial charge in [0.1, 0.15) is 5.54 Å². The largest absolute Gasteiger partial charge is 0.366 e. The first-order valence-corrected chi connectivity index (χ1v) is 7.98. The summed E-state index contributed by atoms with van der Waals surface area (Å²) in [5, 5.41) is 3.28. The van der Waals surface area contributed by atoms with Crippen LogP contribution in [0.3, 0.4) is 0 Å². The van der Waals surface area contributed by atoms with Crippen molar-refractivity contribution in [1.82, 2.24) is 10.2 Å². The van der Waals surface area contributed by atoms with Crippen LogP contribution >= 0.6 is 11.6 Å². The minimum absolute atomic E-state index is 0.132. The number of hydrogen-bond donors (Lipinski definition) is 2. The zero-order valence-electron chi connectivity index (χ0n) is 13.5. The molecule has 1 atom stereocenters. The van der Waals surface area contributed by atoms with E-state index in [9.17, 15) is 14.4 Å². The number of nitrogens with zero attached hydrogens (tertiary/aromatic N) is 1. The van der Waals surface area contributed by atoms with Gasteiger partial charge < -0.3 is 11.1 Å². The van der Waals surface area contributed by atoms with Crippen molar-refractivity contribution in [3.63, 3.8) is 0 Å². The molecule has 0 spiro atoms. The molecular formula is C18H16ClN3O3. The third-order valence-corrected chi connectivity index (χ3v) is 4.51. The molecule has 1 saturated heterocycles. The number of hydrogen-bond acceptors (Lipinski definition) is 3. The quantitative estimate of drug-likeness (QED) is 0.823. The second-order valence-corrected chi connectivity index (χ2v) is 6.45. The molecule has 0 aliphatic carbocycles. The van der Waals surface area contributed by atoms with Crippen LogP contribution < -0.4 is 11.1 Å².